The van der Waals surface area contributed by atoms with Crippen molar-refractivity contribution in [3.05, 3.63) is 11.2 Å². The molecule has 0 aromatic carbocycles. The van der Waals surface area contributed by atoms with Gasteiger partial charge in [0.2, 0.25) is 0 Å². The molecule has 1 aromatic heterocycles. The quantitative estimate of drug-likeness (QED) is 0.513. The fourth-order valence-electron chi connectivity index (χ4n) is 1.45. The molecule has 17 heavy (non-hydrogen) atoms. The van der Waals surface area contributed by atoms with Crippen LogP contribution in [0.3, 0.4) is 0 Å². The number of thioether (sulfide) groups is 1. The predicted octanol–water partition coefficient (Wildman–Crippen LogP) is 1.68. The minimum Gasteiger partial charge on any atom is -0.376 e. The Morgan fingerprint density at radius 2 is 2.41 bits per heavy atom. The van der Waals surface area contributed by atoms with Crippen molar-refractivity contribution in [1.82, 2.24) is 9.97 Å². The van der Waals surface area contributed by atoms with Gasteiger partial charge in [-0.1, -0.05) is 23.4 Å². The van der Waals surface area contributed by atoms with Crippen molar-refractivity contribution < 1.29 is 9.47 Å². The number of halogens is 1. The lowest BCUT2D eigenvalue weighted by atomic mass is 10.3. The van der Waals surface area contributed by atoms with Gasteiger partial charge in [0.25, 0.3) is 0 Å². The highest BCUT2D eigenvalue weighted by Gasteiger charge is 2.14. The van der Waals surface area contributed by atoms with E-state index >= 15 is 0 Å². The molecule has 0 radical (unpaired) electrons. The van der Waals surface area contributed by atoms with Crippen LogP contribution in [0, 0.1) is 0 Å². The van der Waals surface area contributed by atoms with Crippen LogP contribution in [0.5, 0.6) is 0 Å². The third-order valence-corrected chi connectivity index (χ3v) is 2.99. The molecule has 1 aromatic rings. The van der Waals surface area contributed by atoms with Gasteiger partial charge < -0.3 is 14.8 Å². The summed E-state index contributed by atoms with van der Waals surface area (Å²) < 4.78 is 10.8. The van der Waals surface area contributed by atoms with E-state index in [1.165, 1.54) is 11.8 Å². The van der Waals surface area contributed by atoms with Crippen molar-refractivity contribution in [2.75, 3.05) is 37.9 Å². The van der Waals surface area contributed by atoms with Gasteiger partial charge in [-0.05, 0) is 6.26 Å². The Hall–Kier alpha value is -0.560. The van der Waals surface area contributed by atoms with Crippen molar-refractivity contribution in [3.8, 4) is 0 Å². The molecule has 1 fully saturated rings. The summed E-state index contributed by atoms with van der Waals surface area (Å²) >= 11 is 7.35. The number of nitrogens with zero attached hydrogens (tertiary/aromatic N) is 2. The minimum absolute atomic E-state index is 0.0650. The number of hydrogen-bond donors (Lipinski definition) is 1. The predicted molar refractivity (Wildman–Crippen MR) is 67.9 cm³/mol. The number of aromatic nitrogens is 2. The summed E-state index contributed by atoms with van der Waals surface area (Å²) in [6.45, 7) is 2.59. The van der Waals surface area contributed by atoms with E-state index in [9.17, 15) is 0 Å². The third kappa shape index (κ3) is 3.99. The first-order chi connectivity index (χ1) is 8.28. The molecule has 1 N–H and O–H groups in total. The van der Waals surface area contributed by atoms with Gasteiger partial charge in [0.05, 0.1) is 25.9 Å². The fraction of sp³-hybridized carbons (Fsp3) is 0.600. The number of rotatable bonds is 4. The fourth-order valence-corrected chi connectivity index (χ4v) is 2.06. The molecular weight excluding hydrogens is 262 g/mol. The van der Waals surface area contributed by atoms with Crippen molar-refractivity contribution in [2.24, 2.45) is 0 Å². The Morgan fingerprint density at radius 3 is 3.12 bits per heavy atom. The van der Waals surface area contributed by atoms with Crippen LogP contribution in [0.2, 0.25) is 5.15 Å². The van der Waals surface area contributed by atoms with Crippen molar-refractivity contribution in [3.63, 3.8) is 0 Å². The van der Waals surface area contributed by atoms with Crippen LogP contribution < -0.4 is 5.32 Å². The molecule has 0 amide bonds. The topological polar surface area (TPSA) is 56.3 Å². The maximum Gasteiger partial charge on any atom is 0.190 e. The van der Waals surface area contributed by atoms with Crippen LogP contribution >= 0.6 is 23.4 Å². The number of ether oxygens (including phenoxy) is 2. The number of hydrogen-bond acceptors (Lipinski definition) is 6. The van der Waals surface area contributed by atoms with E-state index < -0.39 is 0 Å². The van der Waals surface area contributed by atoms with Crippen molar-refractivity contribution >= 4 is 29.2 Å². The lowest BCUT2D eigenvalue weighted by molar-refractivity contribution is -0.0819. The highest BCUT2D eigenvalue weighted by atomic mass is 35.5. The molecule has 2 rings (SSSR count). The van der Waals surface area contributed by atoms with E-state index in [1.54, 1.807) is 6.07 Å². The summed E-state index contributed by atoms with van der Waals surface area (Å²) in [5.41, 5.74) is 0. The summed E-state index contributed by atoms with van der Waals surface area (Å²) in [6.07, 6.45) is 1.98. The molecule has 2 heterocycles. The molecule has 1 aliphatic rings. The van der Waals surface area contributed by atoms with Crippen molar-refractivity contribution in [2.45, 2.75) is 11.3 Å². The second kappa shape index (κ2) is 6.39. The van der Waals surface area contributed by atoms with Gasteiger partial charge >= 0.3 is 0 Å². The van der Waals surface area contributed by atoms with E-state index in [0.29, 0.717) is 42.5 Å². The molecule has 94 valence electrons. The first-order valence-corrected chi connectivity index (χ1v) is 6.90. The zero-order valence-electron chi connectivity index (χ0n) is 9.48. The Labute approximate surface area is 109 Å². The summed E-state index contributed by atoms with van der Waals surface area (Å²) in [5.74, 6) is 0.712. The van der Waals surface area contributed by atoms with Crippen LogP contribution in [0.25, 0.3) is 0 Å². The van der Waals surface area contributed by atoms with Crippen LogP contribution in [-0.2, 0) is 9.47 Å². The molecule has 1 aliphatic heterocycles. The average Bonchev–Trinajstić information content (AvgIpc) is 2.37. The maximum absolute atomic E-state index is 5.89. The van der Waals surface area contributed by atoms with Crippen molar-refractivity contribution in [1.29, 1.82) is 0 Å². The Balaban J connectivity index is 1.91. The SMILES string of the molecule is CSc1nc(Cl)cc(NCC2COCCO2)n1. The van der Waals surface area contributed by atoms with Gasteiger partial charge in [0, 0.05) is 12.6 Å². The average molecular weight is 276 g/mol. The second-order valence-electron chi connectivity index (χ2n) is 3.51. The molecule has 0 saturated carbocycles. The lowest BCUT2D eigenvalue weighted by Gasteiger charge is -2.23. The molecule has 1 saturated heterocycles. The van der Waals surface area contributed by atoms with E-state index in [1.807, 2.05) is 6.26 Å². The minimum atomic E-state index is 0.0650. The van der Waals surface area contributed by atoms with Crippen LogP contribution in [0.4, 0.5) is 5.82 Å². The molecule has 0 spiro atoms. The van der Waals surface area contributed by atoms with Crippen LogP contribution in [0.15, 0.2) is 11.2 Å². The maximum atomic E-state index is 5.89. The van der Waals surface area contributed by atoms with E-state index in [2.05, 4.69) is 15.3 Å². The van der Waals surface area contributed by atoms with Gasteiger partial charge in [0.15, 0.2) is 5.16 Å². The van der Waals surface area contributed by atoms with E-state index in [-0.39, 0.29) is 6.10 Å². The molecule has 0 aliphatic carbocycles. The number of anilines is 1. The normalized spacial score (nSPS) is 20.2. The van der Waals surface area contributed by atoms with Gasteiger partial charge in [-0.3, -0.25) is 0 Å². The van der Waals surface area contributed by atoms with Gasteiger partial charge in [-0.15, -0.1) is 0 Å². The van der Waals surface area contributed by atoms with E-state index in [4.69, 9.17) is 21.1 Å². The molecule has 1 atom stereocenters. The molecule has 1 unspecified atom stereocenters. The van der Waals surface area contributed by atoms with Gasteiger partial charge in [-0.2, -0.15) is 0 Å². The Kier molecular flexibility index (Phi) is 4.85. The second-order valence-corrected chi connectivity index (χ2v) is 4.67. The van der Waals surface area contributed by atoms with Crippen LogP contribution in [-0.4, -0.2) is 48.7 Å². The van der Waals surface area contributed by atoms with E-state index in [0.717, 1.165) is 0 Å². The zero-order chi connectivity index (χ0) is 12.1. The molecular formula is C10H14ClN3O2S. The smallest absolute Gasteiger partial charge is 0.190 e. The zero-order valence-corrected chi connectivity index (χ0v) is 11.1. The monoisotopic (exact) mass is 275 g/mol. The molecule has 5 nitrogen and oxygen atoms in total. The summed E-state index contributed by atoms with van der Waals surface area (Å²) in [6, 6.07) is 1.70. The number of nitrogens with one attached hydrogen (secondary N) is 1. The molecule has 7 heteroatoms. The Bertz CT molecular complexity index is 375. The highest BCUT2D eigenvalue weighted by Crippen LogP contribution is 2.17. The van der Waals surface area contributed by atoms with Gasteiger partial charge in [-0.25, -0.2) is 9.97 Å². The lowest BCUT2D eigenvalue weighted by Crippen LogP contribution is -2.34. The first-order valence-electron chi connectivity index (χ1n) is 5.29. The summed E-state index contributed by atoms with van der Waals surface area (Å²) in [4.78, 5) is 8.36. The molecule has 0 bridgehead atoms. The summed E-state index contributed by atoms with van der Waals surface area (Å²) in [5, 5.41) is 4.27. The van der Waals surface area contributed by atoms with Gasteiger partial charge in [0.1, 0.15) is 11.0 Å². The van der Waals surface area contributed by atoms with Crippen LogP contribution in [0.1, 0.15) is 0 Å². The largest absolute Gasteiger partial charge is 0.376 e. The Morgan fingerprint density at radius 1 is 1.53 bits per heavy atom. The summed E-state index contributed by atoms with van der Waals surface area (Å²) in [7, 11) is 0. The standard InChI is InChI=1S/C10H14ClN3O2S/c1-17-10-13-8(11)4-9(14-10)12-5-7-6-15-2-3-16-7/h4,7H,2-3,5-6H2,1H3,(H,12,13,14). The third-order valence-electron chi connectivity index (χ3n) is 2.25. The first kappa shape index (κ1) is 12.9. The highest BCUT2D eigenvalue weighted by molar-refractivity contribution is 7.98.